The number of carbonyl (C=O) groups excluding carboxylic acids is 2. The van der Waals surface area contributed by atoms with Gasteiger partial charge in [0.15, 0.2) is 0 Å². The van der Waals surface area contributed by atoms with Crippen molar-refractivity contribution in [2.24, 2.45) is 5.41 Å². The fourth-order valence-corrected chi connectivity index (χ4v) is 2.13. The zero-order chi connectivity index (χ0) is 14.0. The number of nitrogens with zero attached hydrogens (tertiary/aromatic N) is 1. The van der Waals surface area contributed by atoms with Crippen LogP contribution in [0.2, 0.25) is 5.02 Å². The van der Waals surface area contributed by atoms with Crippen molar-refractivity contribution in [1.29, 1.82) is 0 Å². The predicted molar refractivity (Wildman–Crippen MR) is 73.2 cm³/mol. The van der Waals surface area contributed by atoms with Crippen molar-refractivity contribution in [1.82, 2.24) is 0 Å². The number of carbonyl (C=O) groups is 2. The topological polar surface area (TPSA) is 46.6 Å². The van der Waals surface area contributed by atoms with Gasteiger partial charge in [-0.25, -0.2) is 0 Å². The van der Waals surface area contributed by atoms with Crippen molar-refractivity contribution >= 4 is 29.2 Å². The Hall–Kier alpha value is -1.55. The Morgan fingerprint density at radius 3 is 2.37 bits per heavy atom. The maximum atomic E-state index is 12.4. The van der Waals surface area contributed by atoms with Gasteiger partial charge in [0.1, 0.15) is 5.41 Å². The van der Waals surface area contributed by atoms with E-state index in [0.717, 1.165) is 0 Å². The van der Waals surface area contributed by atoms with E-state index in [4.69, 9.17) is 16.3 Å². The Morgan fingerprint density at radius 2 is 1.89 bits per heavy atom. The first-order chi connectivity index (χ1) is 9.01. The zero-order valence-corrected chi connectivity index (χ0v) is 11.7. The van der Waals surface area contributed by atoms with Crippen LogP contribution in [0.15, 0.2) is 24.3 Å². The molecule has 0 spiro atoms. The summed E-state index contributed by atoms with van der Waals surface area (Å²) in [4.78, 5) is 25.8. The summed E-state index contributed by atoms with van der Waals surface area (Å²) < 4.78 is 4.99. The van der Waals surface area contributed by atoms with Crippen LogP contribution in [-0.2, 0) is 14.3 Å². The molecule has 1 fully saturated rings. The molecule has 1 aliphatic rings. The Balaban J connectivity index is 2.15. The van der Waals surface area contributed by atoms with Crippen molar-refractivity contribution in [3.05, 3.63) is 29.3 Å². The van der Waals surface area contributed by atoms with E-state index in [2.05, 4.69) is 0 Å². The summed E-state index contributed by atoms with van der Waals surface area (Å²) in [5.74, 6) is -0.630. The fraction of sp³-hybridized carbons (Fsp3) is 0.429. The first-order valence-electron chi connectivity index (χ1n) is 6.22. The molecule has 2 rings (SSSR count). The number of hydrogen-bond donors (Lipinski definition) is 0. The van der Waals surface area contributed by atoms with Gasteiger partial charge in [0.05, 0.1) is 6.61 Å². The van der Waals surface area contributed by atoms with Crippen molar-refractivity contribution in [2.75, 3.05) is 18.6 Å². The van der Waals surface area contributed by atoms with Crippen LogP contribution >= 0.6 is 11.6 Å². The maximum Gasteiger partial charge on any atom is 0.321 e. The van der Waals surface area contributed by atoms with Crippen LogP contribution in [0.3, 0.4) is 0 Å². The van der Waals surface area contributed by atoms with Gasteiger partial charge in [-0.1, -0.05) is 11.6 Å². The third-order valence-electron chi connectivity index (χ3n) is 3.34. The van der Waals surface area contributed by atoms with Gasteiger partial charge in [-0.05, 0) is 44.0 Å². The Labute approximate surface area is 117 Å². The number of hydrogen-bond acceptors (Lipinski definition) is 3. The highest BCUT2D eigenvalue weighted by atomic mass is 35.5. The van der Waals surface area contributed by atoms with E-state index in [-0.39, 0.29) is 5.91 Å². The molecule has 1 aromatic carbocycles. The highest BCUT2D eigenvalue weighted by Gasteiger charge is 2.59. The Morgan fingerprint density at radius 1 is 1.32 bits per heavy atom. The van der Waals surface area contributed by atoms with Crippen LogP contribution in [0.1, 0.15) is 19.8 Å². The number of rotatable bonds is 4. The number of amides is 1. The lowest BCUT2D eigenvalue weighted by molar-refractivity contribution is -0.153. The zero-order valence-electron chi connectivity index (χ0n) is 11.0. The SMILES string of the molecule is CCOC(=O)C1(C(=O)N(C)c2ccc(Cl)cc2)CC1. The molecule has 102 valence electrons. The lowest BCUT2D eigenvalue weighted by Gasteiger charge is -2.22. The summed E-state index contributed by atoms with van der Waals surface area (Å²) in [7, 11) is 1.66. The van der Waals surface area contributed by atoms with Gasteiger partial charge in [0.2, 0.25) is 5.91 Å². The standard InChI is InChI=1S/C14H16ClNO3/c1-3-19-13(18)14(8-9-14)12(17)16(2)11-6-4-10(15)5-7-11/h4-7H,3,8-9H2,1-2H3. The Bertz CT molecular complexity index is 494. The average molecular weight is 282 g/mol. The van der Waals surface area contributed by atoms with E-state index >= 15 is 0 Å². The molecule has 5 heteroatoms. The lowest BCUT2D eigenvalue weighted by Crippen LogP contribution is -2.39. The number of halogens is 1. The quantitative estimate of drug-likeness (QED) is 0.630. The minimum absolute atomic E-state index is 0.215. The maximum absolute atomic E-state index is 12.4. The molecule has 1 amide bonds. The number of benzene rings is 1. The monoisotopic (exact) mass is 281 g/mol. The summed E-state index contributed by atoms with van der Waals surface area (Å²) in [5.41, 5.74) is -0.255. The summed E-state index contributed by atoms with van der Waals surface area (Å²) in [6.45, 7) is 2.03. The van der Waals surface area contributed by atoms with Crippen molar-refractivity contribution in [2.45, 2.75) is 19.8 Å². The molecule has 0 atom stereocenters. The largest absolute Gasteiger partial charge is 0.465 e. The van der Waals surface area contributed by atoms with Gasteiger partial charge in [-0.3, -0.25) is 9.59 Å². The molecule has 0 bridgehead atoms. The van der Waals surface area contributed by atoms with Crippen LogP contribution in [0.5, 0.6) is 0 Å². The van der Waals surface area contributed by atoms with E-state index in [1.165, 1.54) is 4.90 Å². The summed E-state index contributed by atoms with van der Waals surface area (Å²) >= 11 is 5.81. The smallest absolute Gasteiger partial charge is 0.321 e. The fourth-order valence-electron chi connectivity index (χ4n) is 2.00. The molecule has 0 heterocycles. The highest BCUT2D eigenvalue weighted by molar-refractivity contribution is 6.30. The molecular formula is C14H16ClNO3. The van der Waals surface area contributed by atoms with Gasteiger partial charge in [0.25, 0.3) is 0 Å². The first-order valence-corrected chi connectivity index (χ1v) is 6.60. The van der Waals surface area contributed by atoms with Crippen LogP contribution in [-0.4, -0.2) is 25.5 Å². The molecular weight excluding hydrogens is 266 g/mol. The van der Waals surface area contributed by atoms with Crippen molar-refractivity contribution in [3.8, 4) is 0 Å². The van der Waals surface area contributed by atoms with E-state index in [0.29, 0.717) is 30.2 Å². The number of anilines is 1. The van der Waals surface area contributed by atoms with Crippen molar-refractivity contribution in [3.63, 3.8) is 0 Å². The van der Waals surface area contributed by atoms with Gasteiger partial charge in [-0.2, -0.15) is 0 Å². The second-order valence-corrected chi connectivity index (χ2v) is 5.08. The van der Waals surface area contributed by atoms with E-state index in [1.807, 2.05) is 0 Å². The minimum atomic E-state index is -0.968. The summed E-state index contributed by atoms with van der Waals surface area (Å²) in [5, 5.41) is 0.608. The molecule has 19 heavy (non-hydrogen) atoms. The number of ether oxygens (including phenoxy) is 1. The van der Waals surface area contributed by atoms with E-state index in [9.17, 15) is 9.59 Å². The highest BCUT2D eigenvalue weighted by Crippen LogP contribution is 2.48. The first kappa shape index (κ1) is 13.9. The molecule has 1 aromatic rings. The molecule has 0 radical (unpaired) electrons. The van der Waals surface area contributed by atoms with Gasteiger partial charge in [-0.15, -0.1) is 0 Å². The third-order valence-corrected chi connectivity index (χ3v) is 3.60. The molecule has 0 unspecified atom stereocenters. The summed E-state index contributed by atoms with van der Waals surface area (Å²) in [6, 6.07) is 6.93. The summed E-state index contributed by atoms with van der Waals surface area (Å²) in [6.07, 6.45) is 1.12. The van der Waals surface area contributed by atoms with Gasteiger partial charge >= 0.3 is 5.97 Å². The second-order valence-electron chi connectivity index (χ2n) is 4.64. The van der Waals surface area contributed by atoms with Crippen LogP contribution in [0.25, 0.3) is 0 Å². The minimum Gasteiger partial charge on any atom is -0.465 e. The third kappa shape index (κ3) is 2.59. The van der Waals surface area contributed by atoms with Crippen LogP contribution in [0.4, 0.5) is 5.69 Å². The van der Waals surface area contributed by atoms with Crippen molar-refractivity contribution < 1.29 is 14.3 Å². The predicted octanol–water partition coefficient (Wildman–Crippen LogP) is 2.65. The molecule has 0 aliphatic heterocycles. The molecule has 0 aromatic heterocycles. The molecule has 0 saturated heterocycles. The average Bonchev–Trinajstić information content (AvgIpc) is 3.20. The van der Waals surface area contributed by atoms with Crippen LogP contribution in [0, 0.1) is 5.41 Å². The van der Waals surface area contributed by atoms with Crippen LogP contribution < -0.4 is 4.90 Å². The van der Waals surface area contributed by atoms with Gasteiger partial charge in [0, 0.05) is 17.8 Å². The normalized spacial score (nSPS) is 15.7. The lowest BCUT2D eigenvalue weighted by atomic mass is 10.1. The molecule has 1 aliphatic carbocycles. The van der Waals surface area contributed by atoms with Gasteiger partial charge < -0.3 is 9.64 Å². The Kier molecular flexibility index (Phi) is 3.80. The molecule has 4 nitrogen and oxygen atoms in total. The van der Waals surface area contributed by atoms with E-state index < -0.39 is 11.4 Å². The molecule has 0 N–H and O–H groups in total. The second kappa shape index (κ2) is 5.21. The van der Waals surface area contributed by atoms with E-state index in [1.54, 1.807) is 38.2 Å². The number of esters is 1. The molecule has 1 saturated carbocycles.